The van der Waals surface area contributed by atoms with E-state index in [-0.39, 0.29) is 0 Å². The second kappa shape index (κ2) is 12.7. The van der Waals surface area contributed by atoms with Crippen LogP contribution in [0.5, 0.6) is 17.2 Å². The maximum atomic E-state index is 5.92. The molecule has 0 aromatic heterocycles. The SMILES string of the molecule is c1ccc(-c2ccccc2)cc1.c1ccc(O[SiH](Oc2ccccc2)Oc2ccccc2)cc1. The zero-order chi connectivity index (χ0) is 23.3. The van der Waals surface area contributed by atoms with Crippen LogP contribution in [-0.4, -0.2) is 9.53 Å². The third kappa shape index (κ3) is 7.40. The molecule has 0 aliphatic heterocycles. The molecular weight excluding hydrogens is 436 g/mol. The van der Waals surface area contributed by atoms with Gasteiger partial charge in [-0.2, -0.15) is 0 Å². The minimum atomic E-state index is -2.41. The highest BCUT2D eigenvalue weighted by molar-refractivity contribution is 6.39. The van der Waals surface area contributed by atoms with Crippen molar-refractivity contribution in [2.45, 2.75) is 0 Å². The van der Waals surface area contributed by atoms with Crippen LogP contribution in [0.1, 0.15) is 0 Å². The van der Waals surface area contributed by atoms with Gasteiger partial charge in [0.15, 0.2) is 0 Å². The Balaban J connectivity index is 0.000000192. The molecule has 0 radical (unpaired) electrons. The predicted octanol–water partition coefficient (Wildman–Crippen LogP) is 7.29. The van der Waals surface area contributed by atoms with Crippen molar-refractivity contribution >= 4 is 9.53 Å². The monoisotopic (exact) mass is 462 g/mol. The lowest BCUT2D eigenvalue weighted by Crippen LogP contribution is -2.36. The average Bonchev–Trinajstić information content (AvgIpc) is 2.92. The van der Waals surface area contributed by atoms with Crippen LogP contribution in [0.15, 0.2) is 152 Å². The molecule has 3 nitrogen and oxygen atoms in total. The molecule has 5 rings (SSSR count). The Morgan fingerprint density at radius 3 is 0.794 bits per heavy atom. The van der Waals surface area contributed by atoms with Crippen molar-refractivity contribution in [3.8, 4) is 28.4 Å². The van der Waals surface area contributed by atoms with Gasteiger partial charge >= 0.3 is 9.53 Å². The van der Waals surface area contributed by atoms with Crippen molar-refractivity contribution < 1.29 is 13.3 Å². The van der Waals surface area contributed by atoms with Crippen LogP contribution in [0.25, 0.3) is 11.1 Å². The Hall–Kier alpha value is -4.28. The fraction of sp³-hybridized carbons (Fsp3) is 0. The van der Waals surface area contributed by atoms with Crippen LogP contribution < -0.4 is 13.3 Å². The number of hydrogen-bond donors (Lipinski definition) is 0. The van der Waals surface area contributed by atoms with Crippen molar-refractivity contribution in [2.24, 2.45) is 0 Å². The second-order valence-corrected chi connectivity index (χ2v) is 8.60. The largest absolute Gasteiger partial charge is 0.683 e. The first-order valence-electron chi connectivity index (χ1n) is 11.1. The molecule has 0 spiro atoms. The number of para-hydroxylation sites is 3. The summed E-state index contributed by atoms with van der Waals surface area (Å²) in [4.78, 5) is 0. The Morgan fingerprint density at radius 2 is 0.529 bits per heavy atom. The van der Waals surface area contributed by atoms with Gasteiger partial charge in [0, 0.05) is 0 Å². The van der Waals surface area contributed by atoms with Crippen LogP contribution in [-0.2, 0) is 0 Å². The summed E-state index contributed by atoms with van der Waals surface area (Å²) in [6.07, 6.45) is 0. The summed E-state index contributed by atoms with van der Waals surface area (Å²) < 4.78 is 17.8. The third-order valence-corrected chi connectivity index (χ3v) is 6.20. The maximum Gasteiger partial charge on any atom is 0.683 e. The number of rotatable bonds is 7. The Labute approximate surface area is 202 Å². The number of benzene rings is 5. The molecule has 0 atom stereocenters. The lowest BCUT2D eigenvalue weighted by molar-refractivity contribution is 0.307. The maximum absolute atomic E-state index is 5.92. The minimum Gasteiger partial charge on any atom is -0.486 e. The van der Waals surface area contributed by atoms with Crippen molar-refractivity contribution in [1.82, 2.24) is 0 Å². The summed E-state index contributed by atoms with van der Waals surface area (Å²) in [5.74, 6) is 2.23. The molecule has 0 N–H and O–H groups in total. The molecule has 5 aromatic rings. The molecule has 0 saturated heterocycles. The molecule has 0 aliphatic rings. The van der Waals surface area contributed by atoms with E-state index >= 15 is 0 Å². The molecule has 0 aliphatic carbocycles. The summed E-state index contributed by atoms with van der Waals surface area (Å²) in [5.41, 5.74) is 2.55. The summed E-state index contributed by atoms with van der Waals surface area (Å²) in [6, 6.07) is 49.5. The normalized spacial score (nSPS) is 10.0. The topological polar surface area (TPSA) is 27.7 Å². The molecule has 0 fully saturated rings. The molecule has 34 heavy (non-hydrogen) atoms. The van der Waals surface area contributed by atoms with Gasteiger partial charge in [-0.3, -0.25) is 0 Å². The molecule has 0 heterocycles. The zero-order valence-corrected chi connectivity index (χ0v) is 19.9. The van der Waals surface area contributed by atoms with Gasteiger partial charge < -0.3 is 13.3 Å². The molecule has 0 amide bonds. The van der Waals surface area contributed by atoms with Crippen LogP contribution >= 0.6 is 0 Å². The first kappa shape index (κ1) is 22.9. The quantitative estimate of drug-likeness (QED) is 0.238. The predicted molar refractivity (Wildman–Crippen MR) is 140 cm³/mol. The smallest absolute Gasteiger partial charge is 0.486 e. The van der Waals surface area contributed by atoms with E-state index in [2.05, 4.69) is 48.5 Å². The number of hydrogen-bond acceptors (Lipinski definition) is 3. The van der Waals surface area contributed by atoms with E-state index in [4.69, 9.17) is 13.3 Å². The van der Waals surface area contributed by atoms with E-state index in [1.165, 1.54) is 11.1 Å². The van der Waals surface area contributed by atoms with Crippen molar-refractivity contribution in [3.63, 3.8) is 0 Å². The molecule has 0 unspecified atom stereocenters. The lowest BCUT2D eigenvalue weighted by Gasteiger charge is -2.19. The third-order valence-electron chi connectivity index (χ3n) is 4.81. The molecular formula is C30H26O3Si. The highest BCUT2D eigenvalue weighted by Gasteiger charge is 2.22. The molecule has 0 saturated carbocycles. The van der Waals surface area contributed by atoms with Gasteiger partial charge in [0.05, 0.1) is 0 Å². The van der Waals surface area contributed by atoms with E-state index in [1.54, 1.807) is 0 Å². The van der Waals surface area contributed by atoms with Crippen LogP contribution in [0.2, 0.25) is 0 Å². The van der Waals surface area contributed by atoms with Gasteiger partial charge in [0.1, 0.15) is 17.2 Å². The van der Waals surface area contributed by atoms with Gasteiger partial charge in [0.2, 0.25) is 0 Å². The minimum absolute atomic E-state index is 0.742. The molecule has 168 valence electrons. The van der Waals surface area contributed by atoms with Crippen molar-refractivity contribution in [2.75, 3.05) is 0 Å². The van der Waals surface area contributed by atoms with Gasteiger partial charge in [-0.15, -0.1) is 0 Å². The van der Waals surface area contributed by atoms with Crippen molar-refractivity contribution in [3.05, 3.63) is 152 Å². The second-order valence-electron chi connectivity index (χ2n) is 7.31. The van der Waals surface area contributed by atoms with Crippen LogP contribution in [0.4, 0.5) is 0 Å². The summed E-state index contributed by atoms with van der Waals surface area (Å²) in [6.45, 7) is 0. The summed E-state index contributed by atoms with van der Waals surface area (Å²) in [5, 5.41) is 0. The van der Waals surface area contributed by atoms with Crippen molar-refractivity contribution in [1.29, 1.82) is 0 Å². The standard InChI is InChI=1S/C18H16O3Si.C12H10/c1-4-10-16(11-5-1)19-22(20-17-12-6-2-7-13-17)21-18-14-8-3-9-15-18;1-3-7-11(8-4-1)12-9-5-2-6-10-12/h1-15,22H;1-10H. The molecule has 4 heteroatoms. The summed E-state index contributed by atoms with van der Waals surface area (Å²) >= 11 is 0. The zero-order valence-electron chi connectivity index (χ0n) is 18.7. The fourth-order valence-electron chi connectivity index (χ4n) is 3.16. The summed E-state index contributed by atoms with van der Waals surface area (Å²) in [7, 11) is -2.41. The van der Waals surface area contributed by atoms with Gasteiger partial charge in [-0.05, 0) is 47.5 Å². The highest BCUT2D eigenvalue weighted by Crippen LogP contribution is 2.18. The fourth-order valence-corrected chi connectivity index (χ4v) is 4.45. The van der Waals surface area contributed by atoms with E-state index in [1.807, 2.05) is 103 Å². The van der Waals surface area contributed by atoms with Gasteiger partial charge in [-0.25, -0.2) is 0 Å². The first-order valence-corrected chi connectivity index (χ1v) is 12.5. The van der Waals surface area contributed by atoms with E-state index in [0.29, 0.717) is 0 Å². The van der Waals surface area contributed by atoms with Crippen LogP contribution in [0.3, 0.4) is 0 Å². The van der Waals surface area contributed by atoms with E-state index in [9.17, 15) is 0 Å². The average molecular weight is 463 g/mol. The molecule has 5 aromatic carbocycles. The Kier molecular flexibility index (Phi) is 8.54. The first-order chi connectivity index (χ1) is 16.9. The van der Waals surface area contributed by atoms with Gasteiger partial charge in [0.25, 0.3) is 0 Å². The van der Waals surface area contributed by atoms with Gasteiger partial charge in [-0.1, -0.05) is 115 Å². The Morgan fingerprint density at radius 1 is 0.294 bits per heavy atom. The highest BCUT2D eigenvalue weighted by atomic mass is 28.3. The van der Waals surface area contributed by atoms with E-state index in [0.717, 1.165) is 17.2 Å². The lowest BCUT2D eigenvalue weighted by atomic mass is 10.1. The van der Waals surface area contributed by atoms with E-state index < -0.39 is 9.53 Å². The van der Waals surface area contributed by atoms with Crippen LogP contribution in [0, 0.1) is 0 Å². The Bertz CT molecular complexity index is 1070. The molecule has 0 bridgehead atoms.